The molecule has 0 spiro atoms. The first-order chi connectivity index (χ1) is 12.9. The van der Waals surface area contributed by atoms with E-state index in [9.17, 15) is 9.59 Å². The highest BCUT2D eigenvalue weighted by atomic mass is 32.2. The predicted molar refractivity (Wildman–Crippen MR) is 106 cm³/mol. The number of thioether (sulfide) groups is 1. The normalized spacial score (nSPS) is 11.0. The standard InChI is InChI=1S/C20H21N3O3S/c1-5-23-17-16(15(19(25)26-4)10-13(3)21-17)18(24)22-20(23)27-11-14-8-6-7-12(2)9-14/h6-10H,5,11H2,1-4H3. The van der Waals surface area contributed by atoms with E-state index < -0.39 is 11.5 Å². The Morgan fingerprint density at radius 1 is 1.22 bits per heavy atom. The number of benzene rings is 1. The number of pyridine rings is 1. The van der Waals surface area contributed by atoms with Crippen molar-refractivity contribution >= 4 is 28.8 Å². The first-order valence-electron chi connectivity index (χ1n) is 8.63. The average Bonchev–Trinajstić information content (AvgIpc) is 2.65. The molecular weight excluding hydrogens is 362 g/mol. The summed E-state index contributed by atoms with van der Waals surface area (Å²) in [4.78, 5) is 33.6. The Hall–Kier alpha value is -2.67. The molecule has 0 aliphatic heterocycles. The highest BCUT2D eigenvalue weighted by Crippen LogP contribution is 2.25. The molecule has 0 saturated heterocycles. The van der Waals surface area contributed by atoms with Crippen LogP contribution in [0.3, 0.4) is 0 Å². The third-order valence-corrected chi connectivity index (χ3v) is 5.25. The highest BCUT2D eigenvalue weighted by molar-refractivity contribution is 7.98. The second-order valence-electron chi connectivity index (χ2n) is 6.22. The van der Waals surface area contributed by atoms with Gasteiger partial charge in [-0.2, -0.15) is 4.98 Å². The summed E-state index contributed by atoms with van der Waals surface area (Å²) in [6, 6.07) is 9.79. The van der Waals surface area contributed by atoms with E-state index in [1.807, 2.05) is 36.6 Å². The monoisotopic (exact) mass is 383 g/mol. The Kier molecular flexibility index (Phi) is 5.60. The van der Waals surface area contributed by atoms with Crippen LogP contribution in [0.1, 0.15) is 34.1 Å². The van der Waals surface area contributed by atoms with Gasteiger partial charge in [0.1, 0.15) is 5.65 Å². The lowest BCUT2D eigenvalue weighted by Crippen LogP contribution is -2.20. The maximum atomic E-state index is 12.7. The smallest absolute Gasteiger partial charge is 0.338 e. The van der Waals surface area contributed by atoms with Crippen LogP contribution in [0.2, 0.25) is 0 Å². The summed E-state index contributed by atoms with van der Waals surface area (Å²) in [5.41, 5.74) is 3.19. The summed E-state index contributed by atoms with van der Waals surface area (Å²) in [6.45, 7) is 6.38. The van der Waals surface area contributed by atoms with Crippen molar-refractivity contribution in [3.05, 3.63) is 63.1 Å². The molecule has 0 radical (unpaired) electrons. The lowest BCUT2D eigenvalue weighted by molar-refractivity contribution is 0.0602. The molecule has 2 aromatic heterocycles. The molecule has 0 unspecified atom stereocenters. The van der Waals surface area contributed by atoms with Gasteiger partial charge < -0.3 is 9.30 Å². The number of aryl methyl sites for hydroxylation is 3. The first kappa shape index (κ1) is 19.1. The summed E-state index contributed by atoms with van der Waals surface area (Å²) in [7, 11) is 1.29. The van der Waals surface area contributed by atoms with Crippen molar-refractivity contribution in [1.82, 2.24) is 14.5 Å². The van der Waals surface area contributed by atoms with Gasteiger partial charge in [-0.05, 0) is 32.4 Å². The molecule has 0 fully saturated rings. The van der Waals surface area contributed by atoms with E-state index in [4.69, 9.17) is 4.74 Å². The van der Waals surface area contributed by atoms with Crippen molar-refractivity contribution in [3.8, 4) is 0 Å². The minimum absolute atomic E-state index is 0.203. The number of rotatable bonds is 5. The maximum Gasteiger partial charge on any atom is 0.338 e. The summed E-state index contributed by atoms with van der Waals surface area (Å²) in [5.74, 6) is 0.127. The fourth-order valence-electron chi connectivity index (χ4n) is 2.97. The van der Waals surface area contributed by atoms with Crippen molar-refractivity contribution in [2.45, 2.75) is 38.2 Å². The number of ether oxygens (including phenoxy) is 1. The Labute approximate surface area is 161 Å². The lowest BCUT2D eigenvalue weighted by atomic mass is 10.1. The molecule has 3 aromatic rings. The summed E-state index contributed by atoms with van der Waals surface area (Å²) >= 11 is 1.48. The topological polar surface area (TPSA) is 74.1 Å². The summed E-state index contributed by atoms with van der Waals surface area (Å²) in [6.07, 6.45) is 0. The zero-order chi connectivity index (χ0) is 19.6. The maximum absolute atomic E-state index is 12.7. The molecule has 2 heterocycles. The van der Waals surface area contributed by atoms with Crippen LogP contribution in [0.4, 0.5) is 0 Å². The molecule has 7 heteroatoms. The van der Waals surface area contributed by atoms with Gasteiger partial charge >= 0.3 is 5.97 Å². The van der Waals surface area contributed by atoms with Gasteiger partial charge in [-0.3, -0.25) is 4.79 Å². The van der Waals surface area contributed by atoms with Gasteiger partial charge in [-0.25, -0.2) is 9.78 Å². The van der Waals surface area contributed by atoms with Crippen LogP contribution in [0.25, 0.3) is 11.0 Å². The Morgan fingerprint density at radius 2 is 2.00 bits per heavy atom. The molecule has 0 aliphatic carbocycles. The third-order valence-electron chi connectivity index (χ3n) is 4.20. The van der Waals surface area contributed by atoms with Crippen molar-refractivity contribution in [2.75, 3.05) is 7.11 Å². The van der Waals surface area contributed by atoms with Crippen molar-refractivity contribution in [3.63, 3.8) is 0 Å². The molecule has 0 bridgehead atoms. The quantitative estimate of drug-likeness (QED) is 0.381. The number of carbonyl (C=O) groups is 1. The Morgan fingerprint density at radius 3 is 2.67 bits per heavy atom. The number of methoxy groups -OCH3 is 1. The van der Waals surface area contributed by atoms with Crippen molar-refractivity contribution in [1.29, 1.82) is 0 Å². The van der Waals surface area contributed by atoms with Crippen molar-refractivity contribution < 1.29 is 9.53 Å². The van der Waals surface area contributed by atoms with Crippen LogP contribution < -0.4 is 5.56 Å². The zero-order valence-corrected chi connectivity index (χ0v) is 16.6. The van der Waals surface area contributed by atoms with Crippen LogP contribution in [-0.4, -0.2) is 27.6 Å². The fourth-order valence-corrected chi connectivity index (χ4v) is 3.97. The predicted octanol–water partition coefficient (Wildman–Crippen LogP) is 3.51. The van der Waals surface area contributed by atoms with Crippen LogP contribution in [-0.2, 0) is 17.0 Å². The number of hydrogen-bond acceptors (Lipinski definition) is 6. The third kappa shape index (κ3) is 3.88. The molecule has 6 nitrogen and oxygen atoms in total. The van der Waals surface area contributed by atoms with E-state index in [2.05, 4.69) is 16.0 Å². The van der Waals surface area contributed by atoms with E-state index in [1.165, 1.54) is 24.4 Å². The minimum Gasteiger partial charge on any atom is -0.465 e. The SMILES string of the molecule is CCn1c(SCc2cccc(C)c2)nc(=O)c2c(C(=O)OC)cc(C)nc21. The average molecular weight is 383 g/mol. The zero-order valence-electron chi connectivity index (χ0n) is 15.8. The van der Waals surface area contributed by atoms with Gasteiger partial charge in [0.2, 0.25) is 0 Å². The molecule has 0 amide bonds. The number of fused-ring (bicyclic) bond motifs is 1. The number of aromatic nitrogens is 3. The Bertz CT molecular complexity index is 1080. The van der Waals surface area contributed by atoms with Gasteiger partial charge in [0.05, 0.1) is 18.1 Å². The highest BCUT2D eigenvalue weighted by Gasteiger charge is 2.20. The van der Waals surface area contributed by atoms with Crippen LogP contribution in [0, 0.1) is 13.8 Å². The molecular formula is C20H21N3O3S. The van der Waals surface area contributed by atoms with Gasteiger partial charge in [0.15, 0.2) is 5.16 Å². The van der Waals surface area contributed by atoms with E-state index >= 15 is 0 Å². The van der Waals surface area contributed by atoms with Gasteiger partial charge in [-0.15, -0.1) is 0 Å². The van der Waals surface area contributed by atoms with Crippen LogP contribution in [0.15, 0.2) is 40.3 Å². The molecule has 0 atom stereocenters. The number of hydrogen-bond donors (Lipinski definition) is 0. The van der Waals surface area contributed by atoms with Gasteiger partial charge in [0.25, 0.3) is 5.56 Å². The largest absolute Gasteiger partial charge is 0.465 e. The molecule has 0 N–H and O–H groups in total. The fraction of sp³-hybridized carbons (Fsp3) is 0.300. The van der Waals surface area contributed by atoms with Gasteiger partial charge in [0, 0.05) is 18.0 Å². The van der Waals surface area contributed by atoms with E-state index in [-0.39, 0.29) is 10.9 Å². The number of carbonyl (C=O) groups excluding carboxylic acids is 1. The van der Waals surface area contributed by atoms with E-state index in [1.54, 1.807) is 13.0 Å². The number of esters is 1. The Balaban J connectivity index is 2.12. The van der Waals surface area contributed by atoms with E-state index in [0.29, 0.717) is 28.8 Å². The summed E-state index contributed by atoms with van der Waals surface area (Å²) in [5, 5.41) is 0.791. The molecule has 3 rings (SSSR count). The summed E-state index contributed by atoms with van der Waals surface area (Å²) < 4.78 is 6.70. The van der Waals surface area contributed by atoms with Crippen LogP contribution in [0.5, 0.6) is 0 Å². The molecule has 0 saturated carbocycles. The minimum atomic E-state index is -0.563. The van der Waals surface area contributed by atoms with Gasteiger partial charge in [-0.1, -0.05) is 41.6 Å². The van der Waals surface area contributed by atoms with Crippen molar-refractivity contribution in [2.24, 2.45) is 0 Å². The molecule has 140 valence electrons. The van der Waals surface area contributed by atoms with E-state index in [0.717, 1.165) is 5.56 Å². The molecule has 0 aliphatic rings. The second kappa shape index (κ2) is 7.92. The first-order valence-corrected chi connectivity index (χ1v) is 9.62. The van der Waals surface area contributed by atoms with Crippen LogP contribution >= 0.6 is 11.8 Å². The lowest BCUT2D eigenvalue weighted by Gasteiger charge is -2.15. The molecule has 27 heavy (non-hydrogen) atoms. The second-order valence-corrected chi connectivity index (χ2v) is 7.17. The number of nitrogens with zero attached hydrogens (tertiary/aromatic N) is 3. The molecule has 1 aromatic carbocycles.